The molecule has 0 spiro atoms. The fourth-order valence-electron chi connectivity index (χ4n) is 4.32. The van der Waals surface area contributed by atoms with E-state index in [0.29, 0.717) is 29.6 Å². The van der Waals surface area contributed by atoms with E-state index >= 15 is 0 Å². The Morgan fingerprint density at radius 1 is 1.24 bits per heavy atom. The molecule has 172 valence electrons. The van der Waals surface area contributed by atoms with Crippen LogP contribution in [0.4, 0.5) is 4.39 Å². The number of hydrogen-bond acceptors (Lipinski definition) is 4. The van der Waals surface area contributed by atoms with Gasteiger partial charge in [0.05, 0.1) is 5.02 Å². The molecule has 1 aliphatic rings. The van der Waals surface area contributed by atoms with Crippen molar-refractivity contribution < 1.29 is 18.8 Å². The smallest absolute Gasteiger partial charge is 0.243 e. The molecule has 0 bridgehead atoms. The molecule has 3 heterocycles. The second-order valence-electron chi connectivity index (χ2n) is 8.43. The Hall–Kier alpha value is -3.26. The summed E-state index contributed by atoms with van der Waals surface area (Å²) in [7, 11) is 0. The zero-order valence-corrected chi connectivity index (χ0v) is 19.1. The van der Waals surface area contributed by atoms with E-state index in [1.165, 1.54) is 13.0 Å². The fraction of sp³-hybridized carbons (Fsp3) is 0.333. The maximum absolute atomic E-state index is 14.1. The van der Waals surface area contributed by atoms with Gasteiger partial charge >= 0.3 is 0 Å². The maximum atomic E-state index is 14.1. The Morgan fingerprint density at radius 3 is 2.79 bits per heavy atom. The lowest BCUT2D eigenvalue weighted by Gasteiger charge is -2.24. The molecule has 1 N–H and O–H groups in total. The molecule has 0 aliphatic carbocycles. The minimum Gasteiger partial charge on any atom is -0.350 e. The second kappa shape index (κ2) is 9.31. The topological polar surface area (TPSA) is 84.3 Å². The first-order valence-corrected chi connectivity index (χ1v) is 11.1. The summed E-state index contributed by atoms with van der Waals surface area (Å²) in [5.41, 5.74) is 1.32. The van der Waals surface area contributed by atoms with Crippen molar-refractivity contribution in [2.75, 3.05) is 6.54 Å². The monoisotopic (exact) mass is 470 g/mol. The number of amides is 2. The Balaban J connectivity index is 1.50. The third-order valence-electron chi connectivity index (χ3n) is 5.94. The first kappa shape index (κ1) is 22.9. The van der Waals surface area contributed by atoms with Gasteiger partial charge in [0.15, 0.2) is 5.78 Å². The maximum Gasteiger partial charge on any atom is 0.243 e. The number of halogens is 2. The van der Waals surface area contributed by atoms with Crippen molar-refractivity contribution in [2.45, 2.75) is 39.4 Å². The molecule has 2 atom stereocenters. The summed E-state index contributed by atoms with van der Waals surface area (Å²) in [6, 6.07) is 7.49. The molecular weight excluding hydrogens is 447 g/mol. The number of benzene rings is 1. The molecule has 7 nitrogen and oxygen atoms in total. The van der Waals surface area contributed by atoms with Gasteiger partial charge in [-0.3, -0.25) is 14.4 Å². The van der Waals surface area contributed by atoms with Crippen molar-refractivity contribution in [1.82, 2.24) is 19.8 Å². The normalized spacial score (nSPS) is 18.0. The molecule has 2 amide bonds. The van der Waals surface area contributed by atoms with Crippen LogP contribution in [0, 0.1) is 11.7 Å². The number of hydrogen-bond donors (Lipinski definition) is 1. The van der Waals surface area contributed by atoms with Crippen molar-refractivity contribution in [2.24, 2.45) is 5.92 Å². The van der Waals surface area contributed by atoms with Crippen LogP contribution in [0.1, 0.15) is 36.2 Å². The number of pyridine rings is 1. The van der Waals surface area contributed by atoms with Crippen LogP contribution in [-0.4, -0.2) is 44.6 Å². The third-order valence-corrected chi connectivity index (χ3v) is 6.23. The van der Waals surface area contributed by atoms with Gasteiger partial charge in [-0.1, -0.05) is 30.7 Å². The average Bonchev–Trinajstić information content (AvgIpc) is 3.36. The molecule has 33 heavy (non-hydrogen) atoms. The SMILES string of the molecule is CC(=O)c1cn(CC(=O)N2C[C@@H](C)C[C@H]2C(=O)NCc2cccc(Cl)c2F)c2ncccc12. The van der Waals surface area contributed by atoms with Gasteiger partial charge in [-0.25, -0.2) is 9.37 Å². The number of nitrogens with one attached hydrogen (secondary N) is 1. The molecule has 9 heteroatoms. The molecule has 0 radical (unpaired) electrons. The molecule has 1 fully saturated rings. The number of ketones is 1. The predicted molar refractivity (Wildman–Crippen MR) is 122 cm³/mol. The van der Waals surface area contributed by atoms with E-state index < -0.39 is 11.9 Å². The van der Waals surface area contributed by atoms with Crippen molar-refractivity contribution in [1.29, 1.82) is 0 Å². The molecule has 4 rings (SSSR count). The summed E-state index contributed by atoms with van der Waals surface area (Å²) >= 11 is 5.81. The summed E-state index contributed by atoms with van der Waals surface area (Å²) in [6.45, 7) is 3.82. The summed E-state index contributed by atoms with van der Waals surface area (Å²) in [4.78, 5) is 44.0. The highest BCUT2D eigenvalue weighted by molar-refractivity contribution is 6.30. The highest BCUT2D eigenvalue weighted by Gasteiger charge is 2.37. The van der Waals surface area contributed by atoms with Crippen molar-refractivity contribution >= 4 is 40.2 Å². The number of carbonyl (C=O) groups is 3. The van der Waals surface area contributed by atoms with Gasteiger partial charge in [0, 0.05) is 42.0 Å². The first-order valence-electron chi connectivity index (χ1n) is 10.7. The van der Waals surface area contributed by atoms with Gasteiger partial charge in [0.1, 0.15) is 24.1 Å². The van der Waals surface area contributed by atoms with Crippen LogP contribution in [0.25, 0.3) is 11.0 Å². The predicted octanol–water partition coefficient (Wildman–Crippen LogP) is 3.58. The van der Waals surface area contributed by atoms with Gasteiger partial charge in [-0.15, -0.1) is 0 Å². The van der Waals surface area contributed by atoms with Crippen LogP contribution < -0.4 is 5.32 Å². The number of fused-ring (bicyclic) bond motifs is 1. The Kier molecular flexibility index (Phi) is 6.47. The second-order valence-corrected chi connectivity index (χ2v) is 8.84. The lowest BCUT2D eigenvalue weighted by molar-refractivity contribution is -0.138. The highest BCUT2D eigenvalue weighted by atomic mass is 35.5. The van der Waals surface area contributed by atoms with Gasteiger partial charge in [0.25, 0.3) is 0 Å². The minimum absolute atomic E-state index is 0.00877. The molecule has 2 aromatic heterocycles. The Labute approximate surface area is 195 Å². The van der Waals surface area contributed by atoms with E-state index in [-0.39, 0.29) is 47.2 Å². The summed E-state index contributed by atoms with van der Waals surface area (Å²) in [5, 5.41) is 3.41. The molecule has 1 aliphatic heterocycles. The van der Waals surface area contributed by atoms with Gasteiger partial charge in [-0.05, 0) is 37.5 Å². The first-order chi connectivity index (χ1) is 15.8. The third kappa shape index (κ3) is 4.61. The van der Waals surface area contributed by atoms with Crippen LogP contribution in [-0.2, 0) is 22.7 Å². The number of carbonyl (C=O) groups excluding carboxylic acids is 3. The van der Waals surface area contributed by atoms with E-state index in [2.05, 4.69) is 10.3 Å². The lowest BCUT2D eigenvalue weighted by atomic mass is 10.1. The molecule has 0 saturated carbocycles. The van der Waals surface area contributed by atoms with Crippen LogP contribution in [0.3, 0.4) is 0 Å². The largest absolute Gasteiger partial charge is 0.350 e. The van der Waals surface area contributed by atoms with Crippen molar-refractivity contribution in [3.05, 3.63) is 64.7 Å². The Bertz CT molecular complexity index is 1240. The number of rotatable bonds is 6. The minimum atomic E-state index is -0.656. The van der Waals surface area contributed by atoms with Crippen LogP contribution in [0.5, 0.6) is 0 Å². The summed E-state index contributed by atoms with van der Waals surface area (Å²) in [5.74, 6) is -1.13. The van der Waals surface area contributed by atoms with E-state index in [4.69, 9.17) is 11.6 Å². The quantitative estimate of drug-likeness (QED) is 0.558. The molecule has 0 unspecified atom stereocenters. The van der Waals surface area contributed by atoms with Gasteiger partial charge < -0.3 is 14.8 Å². The summed E-state index contributed by atoms with van der Waals surface area (Å²) < 4.78 is 15.8. The van der Waals surface area contributed by atoms with E-state index in [9.17, 15) is 18.8 Å². The van der Waals surface area contributed by atoms with Crippen molar-refractivity contribution in [3.63, 3.8) is 0 Å². The average molecular weight is 471 g/mol. The van der Waals surface area contributed by atoms with E-state index in [1.54, 1.807) is 46.1 Å². The summed E-state index contributed by atoms with van der Waals surface area (Å²) in [6.07, 6.45) is 3.75. The number of nitrogens with zero attached hydrogens (tertiary/aromatic N) is 3. The highest BCUT2D eigenvalue weighted by Crippen LogP contribution is 2.25. The van der Waals surface area contributed by atoms with E-state index in [0.717, 1.165) is 0 Å². The van der Waals surface area contributed by atoms with E-state index in [1.807, 2.05) is 6.92 Å². The van der Waals surface area contributed by atoms with Gasteiger partial charge in [-0.2, -0.15) is 0 Å². The Morgan fingerprint density at radius 2 is 2.03 bits per heavy atom. The lowest BCUT2D eigenvalue weighted by Crippen LogP contribution is -2.46. The standard InChI is InChI=1S/C24H24ClFN4O3/c1-14-9-20(24(33)28-10-16-5-3-7-19(25)22(16)26)30(11-14)21(32)13-29-12-18(15(2)31)17-6-4-8-27-23(17)29/h3-8,12,14,20H,9-11,13H2,1-2H3,(H,28,33)/t14-,20-/m0/s1. The van der Waals surface area contributed by atoms with Crippen molar-refractivity contribution in [3.8, 4) is 0 Å². The van der Waals surface area contributed by atoms with Gasteiger partial charge in [0.2, 0.25) is 11.8 Å². The zero-order valence-electron chi connectivity index (χ0n) is 18.3. The molecule has 1 aromatic carbocycles. The van der Waals surface area contributed by atoms with Crippen LogP contribution >= 0.6 is 11.6 Å². The number of Topliss-reactive ketones (excluding diaryl/α,β-unsaturated/α-hetero) is 1. The van der Waals surface area contributed by atoms with Crippen LogP contribution in [0.15, 0.2) is 42.7 Å². The number of aromatic nitrogens is 2. The fourth-order valence-corrected chi connectivity index (χ4v) is 4.51. The van der Waals surface area contributed by atoms with Crippen LogP contribution in [0.2, 0.25) is 5.02 Å². The molecule has 1 saturated heterocycles. The number of likely N-dealkylation sites (tertiary alicyclic amines) is 1. The molecule has 3 aromatic rings. The molecular formula is C24H24ClFN4O3. The zero-order chi connectivity index (χ0) is 23.7.